The van der Waals surface area contributed by atoms with E-state index in [1.54, 1.807) is 35.3 Å². The molecule has 0 bridgehead atoms. The number of hydrogen-bond donors (Lipinski definition) is 3. The highest BCUT2D eigenvalue weighted by molar-refractivity contribution is 9.10. The summed E-state index contributed by atoms with van der Waals surface area (Å²) in [5.41, 5.74) is 3.59. The second kappa shape index (κ2) is 9.85. The van der Waals surface area contributed by atoms with Crippen molar-refractivity contribution in [3.8, 4) is 11.1 Å². The predicted molar refractivity (Wildman–Crippen MR) is 135 cm³/mol. The predicted octanol–water partition coefficient (Wildman–Crippen LogP) is 5.90. The van der Waals surface area contributed by atoms with Gasteiger partial charge in [-0.2, -0.15) is 10.1 Å². The molecule has 4 aromatic rings. The van der Waals surface area contributed by atoms with Crippen LogP contribution in [0.2, 0.25) is 5.02 Å². The summed E-state index contributed by atoms with van der Waals surface area (Å²) in [6, 6.07) is 12.9. The Morgan fingerprint density at radius 3 is 2.61 bits per heavy atom. The molecule has 0 aliphatic heterocycles. The standard InChI is InChI=1S/C23H19BrClN7O/c1-3-21(33)28-16-8-9-19(25)20(10-16)30-22-18(14-4-6-15(24)7-5-14)12-26-23(31-22)29-17-11-27-32(2)13-17/h3-13H,1H2,2H3,(H,28,33)(H2,26,29,30,31). The van der Waals surface area contributed by atoms with Crippen molar-refractivity contribution in [3.63, 3.8) is 0 Å². The zero-order valence-electron chi connectivity index (χ0n) is 17.5. The molecule has 0 aliphatic rings. The minimum Gasteiger partial charge on any atom is -0.338 e. The van der Waals surface area contributed by atoms with Crippen LogP contribution in [-0.4, -0.2) is 25.7 Å². The van der Waals surface area contributed by atoms with Gasteiger partial charge in [0.15, 0.2) is 0 Å². The molecule has 0 saturated carbocycles. The van der Waals surface area contributed by atoms with Gasteiger partial charge in [0.2, 0.25) is 11.9 Å². The summed E-state index contributed by atoms with van der Waals surface area (Å²) in [7, 11) is 1.83. The Balaban J connectivity index is 1.73. The number of aryl methyl sites for hydroxylation is 1. The van der Waals surface area contributed by atoms with Gasteiger partial charge in [0.25, 0.3) is 0 Å². The Hall–Kier alpha value is -3.69. The first-order valence-electron chi connectivity index (χ1n) is 9.80. The number of amides is 1. The second-order valence-corrected chi connectivity index (χ2v) is 8.33. The number of rotatable bonds is 7. The van der Waals surface area contributed by atoms with E-state index in [0.717, 1.165) is 21.3 Å². The van der Waals surface area contributed by atoms with Crippen LogP contribution in [0.3, 0.4) is 0 Å². The van der Waals surface area contributed by atoms with Crippen molar-refractivity contribution >= 4 is 62.3 Å². The number of carbonyl (C=O) groups excluding carboxylic acids is 1. The van der Waals surface area contributed by atoms with Crippen LogP contribution >= 0.6 is 27.5 Å². The largest absolute Gasteiger partial charge is 0.338 e. The van der Waals surface area contributed by atoms with E-state index in [1.165, 1.54) is 6.08 Å². The SMILES string of the molecule is C=CC(=O)Nc1ccc(Cl)c(Nc2nc(Nc3cnn(C)c3)ncc2-c2ccc(Br)cc2)c1. The summed E-state index contributed by atoms with van der Waals surface area (Å²) >= 11 is 9.90. The lowest BCUT2D eigenvalue weighted by Crippen LogP contribution is -2.08. The Morgan fingerprint density at radius 2 is 1.91 bits per heavy atom. The molecule has 33 heavy (non-hydrogen) atoms. The molecule has 4 rings (SSSR count). The number of halogens is 2. The van der Waals surface area contributed by atoms with Crippen LogP contribution in [0.25, 0.3) is 11.1 Å². The molecule has 10 heteroatoms. The van der Waals surface area contributed by atoms with Gasteiger partial charge in [0.1, 0.15) is 5.82 Å². The van der Waals surface area contributed by atoms with Gasteiger partial charge in [-0.3, -0.25) is 9.48 Å². The van der Waals surface area contributed by atoms with E-state index in [4.69, 9.17) is 11.6 Å². The molecule has 2 heterocycles. The number of aromatic nitrogens is 4. The van der Waals surface area contributed by atoms with E-state index < -0.39 is 0 Å². The van der Waals surface area contributed by atoms with Gasteiger partial charge < -0.3 is 16.0 Å². The first kappa shape index (κ1) is 22.5. The van der Waals surface area contributed by atoms with Gasteiger partial charge >= 0.3 is 0 Å². The molecular weight excluding hydrogens is 506 g/mol. The quantitative estimate of drug-likeness (QED) is 0.260. The van der Waals surface area contributed by atoms with Crippen LogP contribution in [-0.2, 0) is 11.8 Å². The lowest BCUT2D eigenvalue weighted by molar-refractivity contribution is -0.111. The third-order valence-corrected chi connectivity index (χ3v) is 5.44. The summed E-state index contributed by atoms with van der Waals surface area (Å²) in [5, 5.41) is 13.8. The lowest BCUT2D eigenvalue weighted by atomic mass is 10.1. The molecule has 166 valence electrons. The number of nitrogens with one attached hydrogen (secondary N) is 3. The molecule has 8 nitrogen and oxygen atoms in total. The van der Waals surface area contributed by atoms with Gasteiger partial charge in [-0.25, -0.2) is 4.98 Å². The van der Waals surface area contributed by atoms with E-state index >= 15 is 0 Å². The van der Waals surface area contributed by atoms with Crippen LogP contribution in [0.4, 0.5) is 28.8 Å². The molecule has 2 aromatic carbocycles. The average Bonchev–Trinajstić information content (AvgIpc) is 3.21. The average molecular weight is 525 g/mol. The summed E-state index contributed by atoms with van der Waals surface area (Å²) in [6.07, 6.45) is 6.44. The second-order valence-electron chi connectivity index (χ2n) is 7.00. The maximum Gasteiger partial charge on any atom is 0.247 e. The van der Waals surface area contributed by atoms with Gasteiger partial charge in [0.05, 0.1) is 22.6 Å². The van der Waals surface area contributed by atoms with Crippen LogP contribution in [0.1, 0.15) is 0 Å². The maximum absolute atomic E-state index is 11.7. The topological polar surface area (TPSA) is 96.8 Å². The molecule has 0 radical (unpaired) electrons. The lowest BCUT2D eigenvalue weighted by Gasteiger charge is -2.15. The smallest absolute Gasteiger partial charge is 0.247 e. The fraction of sp³-hybridized carbons (Fsp3) is 0.0435. The van der Waals surface area contributed by atoms with Gasteiger partial charge in [0, 0.05) is 35.2 Å². The van der Waals surface area contributed by atoms with Crippen molar-refractivity contribution in [2.24, 2.45) is 7.05 Å². The molecule has 0 saturated heterocycles. The molecule has 3 N–H and O–H groups in total. The molecule has 1 amide bonds. The van der Waals surface area contributed by atoms with Gasteiger partial charge in [-0.15, -0.1) is 0 Å². The summed E-state index contributed by atoms with van der Waals surface area (Å²) < 4.78 is 2.64. The third kappa shape index (κ3) is 5.57. The van der Waals surface area contributed by atoms with Crippen molar-refractivity contribution in [1.82, 2.24) is 19.7 Å². The summed E-state index contributed by atoms with van der Waals surface area (Å²) in [4.78, 5) is 20.8. The van der Waals surface area contributed by atoms with Gasteiger partial charge in [-0.1, -0.05) is 46.2 Å². The monoisotopic (exact) mass is 523 g/mol. The van der Waals surface area contributed by atoms with Crippen LogP contribution in [0.5, 0.6) is 0 Å². The molecule has 2 aromatic heterocycles. The van der Waals surface area contributed by atoms with Crippen LogP contribution in [0, 0.1) is 0 Å². The Bertz CT molecular complexity index is 1320. The van der Waals surface area contributed by atoms with Crippen molar-refractivity contribution in [2.75, 3.05) is 16.0 Å². The van der Waals surface area contributed by atoms with E-state index in [1.807, 2.05) is 37.5 Å². The van der Waals surface area contributed by atoms with Crippen molar-refractivity contribution in [2.45, 2.75) is 0 Å². The molecule has 0 spiro atoms. The number of benzene rings is 2. The normalized spacial score (nSPS) is 10.5. The highest BCUT2D eigenvalue weighted by Crippen LogP contribution is 2.34. The van der Waals surface area contributed by atoms with Gasteiger partial charge in [-0.05, 0) is 42.0 Å². The third-order valence-electron chi connectivity index (χ3n) is 4.58. The van der Waals surface area contributed by atoms with E-state index in [2.05, 4.69) is 53.5 Å². The number of carbonyl (C=O) groups is 1. The Morgan fingerprint density at radius 1 is 1.12 bits per heavy atom. The molecular formula is C23H19BrClN7O. The molecule has 0 fully saturated rings. The highest BCUT2D eigenvalue weighted by atomic mass is 79.9. The summed E-state index contributed by atoms with van der Waals surface area (Å²) in [6.45, 7) is 3.47. The van der Waals surface area contributed by atoms with Crippen LogP contribution in [0.15, 0.2) is 78.2 Å². The zero-order valence-corrected chi connectivity index (χ0v) is 19.9. The number of hydrogen-bond acceptors (Lipinski definition) is 6. The Labute approximate surface area is 203 Å². The minimum absolute atomic E-state index is 0.316. The summed E-state index contributed by atoms with van der Waals surface area (Å²) in [5.74, 6) is 0.607. The fourth-order valence-electron chi connectivity index (χ4n) is 3.01. The first-order valence-corrected chi connectivity index (χ1v) is 11.0. The van der Waals surface area contributed by atoms with E-state index in [0.29, 0.717) is 28.2 Å². The minimum atomic E-state index is -0.316. The van der Waals surface area contributed by atoms with Crippen molar-refractivity contribution in [3.05, 3.63) is 83.2 Å². The number of nitrogens with zero attached hydrogens (tertiary/aromatic N) is 4. The molecule has 0 atom stereocenters. The van der Waals surface area contributed by atoms with Crippen molar-refractivity contribution in [1.29, 1.82) is 0 Å². The maximum atomic E-state index is 11.7. The van der Waals surface area contributed by atoms with E-state index in [9.17, 15) is 4.79 Å². The zero-order chi connectivity index (χ0) is 23.4. The van der Waals surface area contributed by atoms with Crippen LogP contribution < -0.4 is 16.0 Å². The number of anilines is 5. The van der Waals surface area contributed by atoms with E-state index in [-0.39, 0.29) is 5.91 Å². The Kier molecular flexibility index (Phi) is 6.71. The van der Waals surface area contributed by atoms with Crippen molar-refractivity contribution < 1.29 is 4.79 Å². The molecule has 0 aliphatic carbocycles. The highest BCUT2D eigenvalue weighted by Gasteiger charge is 2.13. The first-order chi connectivity index (χ1) is 15.9. The molecule has 0 unspecified atom stereocenters. The fourth-order valence-corrected chi connectivity index (χ4v) is 3.44.